The number of likely N-dealkylation sites (N-methyl/N-ethyl adjacent to an activating group) is 1. The van der Waals surface area contributed by atoms with Gasteiger partial charge >= 0.3 is 0 Å². The van der Waals surface area contributed by atoms with Crippen LogP contribution in [0.1, 0.15) is 41.9 Å². The lowest BCUT2D eigenvalue weighted by Gasteiger charge is -2.37. The van der Waals surface area contributed by atoms with Crippen LogP contribution in [-0.2, 0) is 13.0 Å². The minimum Gasteiger partial charge on any atom is -0.368 e. The van der Waals surface area contributed by atoms with E-state index in [1.165, 1.54) is 33.5 Å². The van der Waals surface area contributed by atoms with Crippen molar-refractivity contribution in [3.05, 3.63) is 46.3 Å². The molecule has 3 aromatic rings. The number of piperazine rings is 1. The van der Waals surface area contributed by atoms with Gasteiger partial charge in [0.15, 0.2) is 0 Å². The maximum absolute atomic E-state index is 13.3. The molecule has 0 bridgehead atoms. The third-order valence-electron chi connectivity index (χ3n) is 6.94. The second kappa shape index (κ2) is 7.71. The second-order valence-corrected chi connectivity index (χ2v) is 10.0. The number of thiophene rings is 1. The van der Waals surface area contributed by atoms with Crippen LogP contribution in [0.25, 0.3) is 10.2 Å². The molecular formula is C24H28FN5S. The quantitative estimate of drug-likeness (QED) is 0.604. The van der Waals surface area contributed by atoms with Gasteiger partial charge in [-0.05, 0) is 55.6 Å². The normalized spacial score (nSPS) is 19.8. The summed E-state index contributed by atoms with van der Waals surface area (Å²) in [6.07, 6.45) is 3.54. The summed E-state index contributed by atoms with van der Waals surface area (Å²) in [6.45, 7) is 9.22. The number of halogens is 1. The molecule has 0 unspecified atom stereocenters. The SMILES string of the molecule is CCN1CCc2c(sc3nc(C4CC4)nc(N4CCN(c5ccc(F)cc5)CC4)c23)C1. The first-order valence-corrected chi connectivity index (χ1v) is 12.3. The highest BCUT2D eigenvalue weighted by atomic mass is 32.1. The molecule has 1 saturated carbocycles. The summed E-state index contributed by atoms with van der Waals surface area (Å²) in [5, 5.41) is 1.32. The highest BCUT2D eigenvalue weighted by molar-refractivity contribution is 7.19. The molecule has 6 rings (SSSR count). The van der Waals surface area contributed by atoms with E-state index in [0.29, 0.717) is 5.92 Å². The minimum absolute atomic E-state index is 0.178. The van der Waals surface area contributed by atoms with E-state index in [2.05, 4.69) is 21.6 Å². The van der Waals surface area contributed by atoms with E-state index < -0.39 is 0 Å². The molecule has 1 aromatic carbocycles. The van der Waals surface area contributed by atoms with Gasteiger partial charge in [0.25, 0.3) is 0 Å². The molecule has 0 N–H and O–H groups in total. The summed E-state index contributed by atoms with van der Waals surface area (Å²) in [5.74, 6) is 2.58. The van der Waals surface area contributed by atoms with Crippen molar-refractivity contribution < 1.29 is 4.39 Å². The molecule has 2 aliphatic heterocycles. The molecule has 4 heterocycles. The summed E-state index contributed by atoms with van der Waals surface area (Å²) < 4.78 is 13.3. The van der Waals surface area contributed by atoms with Gasteiger partial charge in [-0.1, -0.05) is 6.92 Å². The fourth-order valence-electron chi connectivity index (χ4n) is 4.90. The predicted molar refractivity (Wildman–Crippen MR) is 125 cm³/mol. The first-order chi connectivity index (χ1) is 15.2. The number of hydrogen-bond acceptors (Lipinski definition) is 6. The molecule has 7 heteroatoms. The zero-order chi connectivity index (χ0) is 20.9. The average Bonchev–Trinajstić information content (AvgIpc) is 3.59. The summed E-state index contributed by atoms with van der Waals surface area (Å²) in [4.78, 5) is 20.2. The summed E-state index contributed by atoms with van der Waals surface area (Å²) in [6, 6.07) is 6.87. The molecule has 31 heavy (non-hydrogen) atoms. The van der Waals surface area contributed by atoms with Crippen LogP contribution < -0.4 is 9.80 Å². The van der Waals surface area contributed by atoms with Crippen LogP contribution in [0.5, 0.6) is 0 Å². The van der Waals surface area contributed by atoms with E-state index in [9.17, 15) is 4.39 Å². The lowest BCUT2D eigenvalue weighted by molar-refractivity contribution is 0.272. The van der Waals surface area contributed by atoms with Crippen LogP contribution in [0.2, 0.25) is 0 Å². The fourth-order valence-corrected chi connectivity index (χ4v) is 6.16. The first-order valence-electron chi connectivity index (χ1n) is 11.5. The first kappa shape index (κ1) is 19.4. The van der Waals surface area contributed by atoms with Crippen molar-refractivity contribution >= 4 is 33.1 Å². The van der Waals surface area contributed by atoms with Crippen molar-refractivity contribution in [1.29, 1.82) is 0 Å². The van der Waals surface area contributed by atoms with E-state index in [1.807, 2.05) is 23.5 Å². The van der Waals surface area contributed by atoms with Gasteiger partial charge in [0.2, 0.25) is 0 Å². The average molecular weight is 438 g/mol. The number of benzene rings is 1. The molecule has 5 nitrogen and oxygen atoms in total. The van der Waals surface area contributed by atoms with Crippen molar-refractivity contribution in [3.8, 4) is 0 Å². The van der Waals surface area contributed by atoms with Crippen molar-refractivity contribution in [2.75, 3.05) is 49.1 Å². The van der Waals surface area contributed by atoms with E-state index in [-0.39, 0.29) is 5.82 Å². The molecule has 1 saturated heterocycles. The molecule has 3 aliphatic rings. The fraction of sp³-hybridized carbons (Fsp3) is 0.500. The van der Waals surface area contributed by atoms with Gasteiger partial charge in [0.1, 0.15) is 22.3 Å². The van der Waals surface area contributed by atoms with Crippen molar-refractivity contribution in [2.24, 2.45) is 0 Å². The summed E-state index contributed by atoms with van der Waals surface area (Å²) >= 11 is 1.89. The van der Waals surface area contributed by atoms with Gasteiger partial charge in [-0.25, -0.2) is 14.4 Å². The van der Waals surface area contributed by atoms with E-state index >= 15 is 0 Å². The van der Waals surface area contributed by atoms with E-state index in [4.69, 9.17) is 9.97 Å². The monoisotopic (exact) mass is 437 g/mol. The van der Waals surface area contributed by atoms with Gasteiger partial charge < -0.3 is 9.80 Å². The lowest BCUT2D eigenvalue weighted by Crippen LogP contribution is -2.47. The topological polar surface area (TPSA) is 35.5 Å². The summed E-state index contributed by atoms with van der Waals surface area (Å²) in [5.41, 5.74) is 2.59. The Hall–Kier alpha value is -2.25. The highest BCUT2D eigenvalue weighted by Crippen LogP contribution is 2.44. The third kappa shape index (κ3) is 3.57. The molecule has 0 amide bonds. The smallest absolute Gasteiger partial charge is 0.141 e. The lowest BCUT2D eigenvalue weighted by atomic mass is 10.0. The Labute approximate surface area is 186 Å². The molecule has 1 aliphatic carbocycles. The molecule has 162 valence electrons. The second-order valence-electron chi connectivity index (χ2n) is 8.93. The van der Waals surface area contributed by atoms with Crippen molar-refractivity contribution in [3.63, 3.8) is 0 Å². The summed E-state index contributed by atoms with van der Waals surface area (Å²) in [7, 11) is 0. The van der Waals surface area contributed by atoms with Gasteiger partial charge in [-0.3, -0.25) is 4.90 Å². The predicted octanol–water partition coefficient (Wildman–Crippen LogP) is 4.41. The van der Waals surface area contributed by atoms with Crippen LogP contribution in [0.4, 0.5) is 15.9 Å². The molecular weight excluding hydrogens is 409 g/mol. The van der Waals surface area contributed by atoms with Crippen molar-refractivity contribution in [1.82, 2.24) is 14.9 Å². The van der Waals surface area contributed by atoms with Gasteiger partial charge in [0, 0.05) is 55.8 Å². The Morgan fingerprint density at radius 1 is 1.00 bits per heavy atom. The zero-order valence-corrected chi connectivity index (χ0v) is 18.8. The number of fused-ring (bicyclic) bond motifs is 3. The number of rotatable bonds is 4. The Balaban J connectivity index is 1.33. The highest BCUT2D eigenvalue weighted by Gasteiger charge is 2.32. The molecule has 0 atom stereocenters. The van der Waals surface area contributed by atoms with Crippen LogP contribution in [-0.4, -0.2) is 54.1 Å². The van der Waals surface area contributed by atoms with Crippen LogP contribution >= 0.6 is 11.3 Å². The maximum Gasteiger partial charge on any atom is 0.141 e. The van der Waals surface area contributed by atoms with Gasteiger partial charge in [0.05, 0.1) is 5.39 Å². The molecule has 2 aromatic heterocycles. The molecule has 0 spiro atoms. The van der Waals surface area contributed by atoms with Gasteiger partial charge in [-0.15, -0.1) is 11.3 Å². The largest absolute Gasteiger partial charge is 0.368 e. The Morgan fingerprint density at radius 3 is 2.45 bits per heavy atom. The van der Waals surface area contributed by atoms with Gasteiger partial charge in [-0.2, -0.15) is 0 Å². The maximum atomic E-state index is 13.3. The number of anilines is 2. The van der Waals surface area contributed by atoms with E-state index in [0.717, 1.165) is 69.6 Å². The van der Waals surface area contributed by atoms with Crippen LogP contribution in [0.15, 0.2) is 24.3 Å². The van der Waals surface area contributed by atoms with Crippen LogP contribution in [0.3, 0.4) is 0 Å². The standard InChI is InChI=1S/C24H28FN5S/c1-2-28-10-9-19-20(15-28)31-24-21(19)23(26-22(27-24)16-3-4-16)30-13-11-29(12-14-30)18-7-5-17(25)6-8-18/h5-8,16H,2-4,9-15H2,1H3. The minimum atomic E-state index is -0.178. The van der Waals surface area contributed by atoms with Crippen LogP contribution in [0, 0.1) is 5.82 Å². The number of aromatic nitrogens is 2. The zero-order valence-electron chi connectivity index (χ0n) is 18.0. The molecule has 0 radical (unpaired) electrons. The Morgan fingerprint density at radius 2 is 1.74 bits per heavy atom. The van der Waals surface area contributed by atoms with Crippen molar-refractivity contribution in [2.45, 2.75) is 38.6 Å². The molecule has 2 fully saturated rings. The number of nitrogens with zero attached hydrogens (tertiary/aromatic N) is 5. The third-order valence-corrected chi connectivity index (χ3v) is 8.05. The van der Waals surface area contributed by atoms with E-state index in [1.54, 1.807) is 12.1 Å². The Kier molecular flexibility index (Phi) is 4.83. The number of hydrogen-bond donors (Lipinski definition) is 0. The Bertz CT molecular complexity index is 1100.